The summed E-state index contributed by atoms with van der Waals surface area (Å²) in [6.07, 6.45) is 3.04. The molecule has 1 unspecified atom stereocenters. The predicted molar refractivity (Wildman–Crippen MR) is 53.1 cm³/mol. The predicted octanol–water partition coefficient (Wildman–Crippen LogP) is 0.666. The van der Waals surface area contributed by atoms with Crippen molar-refractivity contribution in [2.45, 2.75) is 32.2 Å². The van der Waals surface area contributed by atoms with Crippen molar-refractivity contribution in [3.05, 3.63) is 5.69 Å². The van der Waals surface area contributed by atoms with Gasteiger partial charge in [-0.2, -0.15) is 0 Å². The van der Waals surface area contributed by atoms with E-state index in [-0.39, 0.29) is 17.4 Å². The van der Waals surface area contributed by atoms with Crippen LogP contribution in [0.25, 0.3) is 0 Å². The number of aromatic nitrogens is 2. The number of carbonyl (C=O) groups is 1. The number of nitrogen functional groups attached to an aromatic ring is 1. The summed E-state index contributed by atoms with van der Waals surface area (Å²) in [6, 6.07) is 0.300. The Morgan fingerprint density at radius 2 is 2.47 bits per heavy atom. The van der Waals surface area contributed by atoms with Gasteiger partial charge in [0.15, 0.2) is 0 Å². The van der Waals surface area contributed by atoms with E-state index in [2.05, 4.69) is 21.9 Å². The molecule has 6 nitrogen and oxygen atoms in total. The molecule has 0 aromatic carbocycles. The van der Waals surface area contributed by atoms with Gasteiger partial charge in [0.25, 0.3) is 5.91 Å². The van der Waals surface area contributed by atoms with Gasteiger partial charge in [0.05, 0.1) is 0 Å². The highest BCUT2D eigenvalue weighted by Gasteiger charge is 2.31. The Hall–Kier alpha value is -1.59. The molecule has 82 valence electrons. The number of anilines is 1. The number of hydrogen-bond donors (Lipinski definition) is 1. The van der Waals surface area contributed by atoms with Crippen LogP contribution in [0, 0.1) is 0 Å². The first-order valence-electron chi connectivity index (χ1n) is 5.13. The van der Waals surface area contributed by atoms with E-state index in [9.17, 15) is 4.79 Å². The van der Waals surface area contributed by atoms with Crippen molar-refractivity contribution in [2.24, 2.45) is 0 Å². The molecule has 1 saturated heterocycles. The van der Waals surface area contributed by atoms with E-state index in [1.54, 1.807) is 4.90 Å². The summed E-state index contributed by atoms with van der Waals surface area (Å²) in [5.74, 6) is -0.0974. The highest BCUT2D eigenvalue weighted by molar-refractivity contribution is 5.96. The molecule has 1 aromatic rings. The van der Waals surface area contributed by atoms with Crippen LogP contribution in [0.2, 0.25) is 0 Å². The van der Waals surface area contributed by atoms with Gasteiger partial charge in [-0.1, -0.05) is 6.92 Å². The van der Waals surface area contributed by atoms with Crippen LogP contribution in [0.5, 0.6) is 0 Å². The van der Waals surface area contributed by atoms with Crippen LogP contribution in [0.4, 0.5) is 5.82 Å². The van der Waals surface area contributed by atoms with Crippen molar-refractivity contribution < 1.29 is 9.42 Å². The average Bonchev–Trinajstić information content (AvgIpc) is 2.84. The average molecular weight is 210 g/mol. The van der Waals surface area contributed by atoms with E-state index in [0.717, 1.165) is 25.8 Å². The minimum atomic E-state index is -0.168. The standard InChI is InChI=1S/C9H14N4O2/c1-2-6-4-3-5-13(6)9(14)7-8(10)12-15-11-7/h6H,2-5H2,1H3,(H2,10,12). The normalized spacial score (nSPS) is 20.9. The summed E-state index contributed by atoms with van der Waals surface area (Å²) < 4.78 is 4.42. The van der Waals surface area contributed by atoms with Crippen molar-refractivity contribution in [1.29, 1.82) is 0 Å². The maximum absolute atomic E-state index is 12.0. The summed E-state index contributed by atoms with van der Waals surface area (Å²) >= 11 is 0. The SMILES string of the molecule is CCC1CCCN1C(=O)c1nonc1N. The molecule has 6 heteroatoms. The third-order valence-electron chi connectivity index (χ3n) is 2.83. The Morgan fingerprint density at radius 3 is 3.07 bits per heavy atom. The van der Waals surface area contributed by atoms with Crippen molar-refractivity contribution in [1.82, 2.24) is 15.2 Å². The lowest BCUT2D eigenvalue weighted by atomic mass is 10.1. The van der Waals surface area contributed by atoms with E-state index < -0.39 is 0 Å². The second-order valence-electron chi connectivity index (χ2n) is 3.70. The fraction of sp³-hybridized carbons (Fsp3) is 0.667. The zero-order valence-electron chi connectivity index (χ0n) is 8.64. The summed E-state index contributed by atoms with van der Waals surface area (Å²) in [6.45, 7) is 2.84. The number of hydrogen-bond acceptors (Lipinski definition) is 5. The molecular formula is C9H14N4O2. The van der Waals surface area contributed by atoms with Crippen molar-refractivity contribution in [3.63, 3.8) is 0 Å². The fourth-order valence-corrected chi connectivity index (χ4v) is 2.01. The van der Waals surface area contributed by atoms with Crippen LogP contribution in [0.3, 0.4) is 0 Å². The van der Waals surface area contributed by atoms with Crippen molar-refractivity contribution in [3.8, 4) is 0 Å². The van der Waals surface area contributed by atoms with Gasteiger partial charge >= 0.3 is 0 Å². The second-order valence-corrected chi connectivity index (χ2v) is 3.70. The fourth-order valence-electron chi connectivity index (χ4n) is 2.01. The Labute approximate surface area is 87.4 Å². The quantitative estimate of drug-likeness (QED) is 0.775. The first-order chi connectivity index (χ1) is 7.24. The van der Waals surface area contributed by atoms with Gasteiger partial charge in [0, 0.05) is 12.6 Å². The Bertz CT molecular complexity index is 363. The maximum Gasteiger partial charge on any atom is 0.280 e. The van der Waals surface area contributed by atoms with Gasteiger partial charge in [-0.15, -0.1) is 0 Å². The first kappa shape index (κ1) is 9.95. The zero-order valence-corrected chi connectivity index (χ0v) is 8.64. The minimum absolute atomic E-state index is 0.0711. The van der Waals surface area contributed by atoms with Crippen molar-refractivity contribution in [2.75, 3.05) is 12.3 Å². The minimum Gasteiger partial charge on any atom is -0.379 e. The molecule has 0 spiro atoms. The second kappa shape index (κ2) is 3.88. The van der Waals surface area contributed by atoms with Gasteiger partial charge < -0.3 is 10.6 Å². The molecule has 1 aromatic heterocycles. The third kappa shape index (κ3) is 1.67. The van der Waals surface area contributed by atoms with Crippen LogP contribution in [-0.2, 0) is 0 Å². The first-order valence-corrected chi connectivity index (χ1v) is 5.13. The molecule has 15 heavy (non-hydrogen) atoms. The van der Waals surface area contributed by atoms with Crippen LogP contribution >= 0.6 is 0 Å². The number of rotatable bonds is 2. The molecule has 0 saturated carbocycles. The molecule has 1 atom stereocenters. The molecule has 2 N–H and O–H groups in total. The van der Waals surface area contributed by atoms with E-state index >= 15 is 0 Å². The van der Waals surface area contributed by atoms with Crippen LogP contribution in [0.1, 0.15) is 36.7 Å². The molecule has 0 aliphatic carbocycles. The number of nitrogens with zero attached hydrogens (tertiary/aromatic N) is 3. The largest absolute Gasteiger partial charge is 0.379 e. The Morgan fingerprint density at radius 1 is 1.67 bits per heavy atom. The van der Waals surface area contributed by atoms with E-state index in [0.29, 0.717) is 6.04 Å². The van der Waals surface area contributed by atoms with Crippen LogP contribution in [0.15, 0.2) is 4.63 Å². The number of nitrogens with two attached hydrogens (primary N) is 1. The van der Waals surface area contributed by atoms with Crippen LogP contribution in [-0.4, -0.2) is 33.7 Å². The topological polar surface area (TPSA) is 85.2 Å². The molecule has 0 bridgehead atoms. The molecule has 1 aliphatic rings. The number of amides is 1. The number of likely N-dealkylation sites (tertiary alicyclic amines) is 1. The van der Waals surface area contributed by atoms with Crippen molar-refractivity contribution >= 4 is 11.7 Å². The van der Waals surface area contributed by atoms with Gasteiger partial charge in [-0.05, 0) is 29.6 Å². The lowest BCUT2D eigenvalue weighted by Gasteiger charge is -2.22. The van der Waals surface area contributed by atoms with Gasteiger partial charge in [-0.25, -0.2) is 4.63 Å². The monoisotopic (exact) mass is 210 g/mol. The zero-order chi connectivity index (χ0) is 10.8. The highest BCUT2D eigenvalue weighted by atomic mass is 16.6. The molecule has 0 radical (unpaired) electrons. The van der Waals surface area contributed by atoms with E-state index in [1.807, 2.05) is 0 Å². The van der Waals surface area contributed by atoms with Gasteiger partial charge in [0.2, 0.25) is 11.5 Å². The molecule has 2 rings (SSSR count). The molecule has 2 heterocycles. The number of carbonyl (C=O) groups excluding carboxylic acids is 1. The molecule has 1 fully saturated rings. The third-order valence-corrected chi connectivity index (χ3v) is 2.83. The van der Waals surface area contributed by atoms with E-state index in [4.69, 9.17) is 5.73 Å². The Balaban J connectivity index is 2.18. The summed E-state index contributed by atoms with van der Waals surface area (Å²) in [5.41, 5.74) is 5.62. The van der Waals surface area contributed by atoms with E-state index in [1.165, 1.54) is 0 Å². The maximum atomic E-state index is 12.0. The highest BCUT2D eigenvalue weighted by Crippen LogP contribution is 2.22. The summed E-state index contributed by atoms with van der Waals surface area (Å²) in [4.78, 5) is 13.8. The Kier molecular flexibility index (Phi) is 2.57. The molecule has 1 aliphatic heterocycles. The van der Waals surface area contributed by atoms with Crippen LogP contribution < -0.4 is 5.73 Å². The smallest absolute Gasteiger partial charge is 0.280 e. The summed E-state index contributed by atoms with van der Waals surface area (Å²) in [7, 11) is 0. The summed E-state index contributed by atoms with van der Waals surface area (Å²) in [5, 5.41) is 6.93. The lowest BCUT2D eigenvalue weighted by molar-refractivity contribution is 0.0723. The molecular weight excluding hydrogens is 196 g/mol. The molecule has 1 amide bonds. The van der Waals surface area contributed by atoms with Gasteiger partial charge in [0.1, 0.15) is 0 Å². The van der Waals surface area contributed by atoms with Gasteiger partial charge in [-0.3, -0.25) is 4.79 Å². The lowest BCUT2D eigenvalue weighted by Crippen LogP contribution is -2.35.